The van der Waals surface area contributed by atoms with Gasteiger partial charge in [-0.2, -0.15) is 0 Å². The molecule has 1 aliphatic heterocycles. The van der Waals surface area contributed by atoms with Gasteiger partial charge in [-0.25, -0.2) is 0 Å². The molecule has 0 saturated carbocycles. The zero-order valence-electron chi connectivity index (χ0n) is 9.04. The van der Waals surface area contributed by atoms with E-state index in [1.54, 1.807) is 0 Å². The lowest BCUT2D eigenvalue weighted by molar-refractivity contribution is 0.0165. The monoisotopic (exact) mass is 288 g/mol. The molecule has 3 heteroatoms. The molecule has 2 rings (SSSR count). The Bertz CT molecular complexity index is 304. The summed E-state index contributed by atoms with van der Waals surface area (Å²) in [4.78, 5) is 3.27. The molecule has 2 unspecified atom stereocenters. The van der Waals surface area contributed by atoms with E-state index in [1.165, 1.54) is 29.0 Å². The summed E-state index contributed by atoms with van der Waals surface area (Å²) < 4.78 is 5.80. The van der Waals surface area contributed by atoms with Crippen LogP contribution in [0.4, 0.5) is 0 Å². The number of halogens is 1. The van der Waals surface area contributed by atoms with E-state index in [0.29, 0.717) is 10.9 Å². The molecule has 0 aromatic carbocycles. The third-order valence-electron chi connectivity index (χ3n) is 2.84. The van der Waals surface area contributed by atoms with Crippen LogP contribution in [-0.4, -0.2) is 12.7 Å². The fourth-order valence-corrected chi connectivity index (χ4v) is 3.75. The minimum atomic E-state index is 0.377. The zero-order valence-corrected chi connectivity index (χ0v) is 11.4. The van der Waals surface area contributed by atoms with Gasteiger partial charge >= 0.3 is 0 Å². The van der Waals surface area contributed by atoms with Gasteiger partial charge in [0.15, 0.2) is 0 Å². The van der Waals surface area contributed by atoms with Gasteiger partial charge in [-0.3, -0.25) is 0 Å². The molecule has 1 fully saturated rings. The zero-order chi connectivity index (χ0) is 10.7. The van der Waals surface area contributed by atoms with Gasteiger partial charge in [0.05, 0.1) is 10.9 Å². The standard InChI is InChI=1S/C12H17BrOS/c1-2-9-6-7-11(15-9)12(13)10-5-3-4-8-14-10/h6-7,10,12H,2-5,8H2,1H3. The van der Waals surface area contributed by atoms with Crippen LogP contribution in [-0.2, 0) is 11.2 Å². The predicted molar refractivity (Wildman–Crippen MR) is 69.0 cm³/mol. The molecule has 2 heterocycles. The molecular formula is C12H17BrOS. The van der Waals surface area contributed by atoms with Gasteiger partial charge in [0.1, 0.15) is 0 Å². The fourth-order valence-electron chi connectivity index (χ4n) is 1.91. The normalized spacial score (nSPS) is 24.0. The first-order chi connectivity index (χ1) is 7.31. The molecule has 0 bridgehead atoms. The second kappa shape index (κ2) is 5.46. The SMILES string of the molecule is CCc1ccc(C(Br)C2CCCCO2)s1. The third kappa shape index (κ3) is 2.83. The van der Waals surface area contributed by atoms with Gasteiger partial charge in [0, 0.05) is 16.4 Å². The molecule has 0 N–H and O–H groups in total. The van der Waals surface area contributed by atoms with Crippen LogP contribution >= 0.6 is 27.3 Å². The summed E-state index contributed by atoms with van der Waals surface area (Å²) in [5.41, 5.74) is 0. The highest BCUT2D eigenvalue weighted by Crippen LogP contribution is 2.37. The maximum absolute atomic E-state index is 5.80. The van der Waals surface area contributed by atoms with Crippen LogP contribution in [0.1, 0.15) is 40.8 Å². The van der Waals surface area contributed by atoms with Crippen molar-refractivity contribution in [3.8, 4) is 0 Å². The molecule has 2 atom stereocenters. The maximum Gasteiger partial charge on any atom is 0.0750 e. The summed E-state index contributed by atoms with van der Waals surface area (Å²) in [6, 6.07) is 4.47. The molecule has 0 radical (unpaired) electrons. The minimum absolute atomic E-state index is 0.377. The highest BCUT2D eigenvalue weighted by Gasteiger charge is 2.24. The Morgan fingerprint density at radius 3 is 3.00 bits per heavy atom. The van der Waals surface area contributed by atoms with Crippen molar-refractivity contribution in [1.29, 1.82) is 0 Å². The van der Waals surface area contributed by atoms with Crippen molar-refractivity contribution < 1.29 is 4.74 Å². The largest absolute Gasteiger partial charge is 0.377 e. The van der Waals surface area contributed by atoms with Gasteiger partial charge in [0.2, 0.25) is 0 Å². The number of rotatable bonds is 3. The van der Waals surface area contributed by atoms with Crippen LogP contribution in [0.3, 0.4) is 0 Å². The van der Waals surface area contributed by atoms with E-state index >= 15 is 0 Å². The number of aryl methyl sites for hydroxylation is 1. The quantitative estimate of drug-likeness (QED) is 0.753. The Labute approximate surface area is 104 Å². The average molecular weight is 289 g/mol. The van der Waals surface area contributed by atoms with Gasteiger partial charge in [-0.1, -0.05) is 22.9 Å². The van der Waals surface area contributed by atoms with E-state index in [1.807, 2.05) is 11.3 Å². The summed E-state index contributed by atoms with van der Waals surface area (Å²) in [5, 5.41) is 0. The molecule has 0 spiro atoms. The van der Waals surface area contributed by atoms with Gasteiger partial charge < -0.3 is 4.74 Å². The third-order valence-corrected chi connectivity index (χ3v) is 5.54. The molecule has 1 saturated heterocycles. The molecule has 1 aromatic heterocycles. The number of alkyl halides is 1. The lowest BCUT2D eigenvalue weighted by Gasteiger charge is -2.26. The topological polar surface area (TPSA) is 9.23 Å². The summed E-state index contributed by atoms with van der Waals surface area (Å²) >= 11 is 5.68. The molecular weight excluding hydrogens is 272 g/mol. The Morgan fingerprint density at radius 2 is 2.40 bits per heavy atom. The van der Waals surface area contributed by atoms with Crippen molar-refractivity contribution in [2.24, 2.45) is 0 Å². The van der Waals surface area contributed by atoms with Crippen molar-refractivity contribution >= 4 is 27.3 Å². The molecule has 0 amide bonds. The van der Waals surface area contributed by atoms with Crippen molar-refractivity contribution in [1.82, 2.24) is 0 Å². The second-order valence-corrected chi connectivity index (χ2v) is 6.15. The van der Waals surface area contributed by atoms with Gasteiger partial charge in [0.25, 0.3) is 0 Å². The van der Waals surface area contributed by atoms with Crippen LogP contribution in [0.15, 0.2) is 12.1 Å². The van der Waals surface area contributed by atoms with Crippen LogP contribution in [0.2, 0.25) is 0 Å². The first-order valence-electron chi connectivity index (χ1n) is 5.65. The van der Waals surface area contributed by atoms with E-state index in [-0.39, 0.29) is 0 Å². The highest BCUT2D eigenvalue weighted by atomic mass is 79.9. The maximum atomic E-state index is 5.80. The summed E-state index contributed by atoms with van der Waals surface area (Å²) in [6.07, 6.45) is 5.23. The minimum Gasteiger partial charge on any atom is -0.377 e. The number of thiophene rings is 1. The van der Waals surface area contributed by atoms with Crippen LogP contribution < -0.4 is 0 Å². The lowest BCUT2D eigenvalue weighted by atomic mass is 10.1. The average Bonchev–Trinajstić information content (AvgIpc) is 2.78. The van der Waals surface area contributed by atoms with Gasteiger partial charge in [-0.05, 0) is 37.8 Å². The number of hydrogen-bond acceptors (Lipinski definition) is 2. The molecule has 84 valence electrons. The predicted octanol–water partition coefficient (Wildman–Crippen LogP) is 4.32. The van der Waals surface area contributed by atoms with Crippen molar-refractivity contribution in [2.75, 3.05) is 6.61 Å². The van der Waals surface area contributed by atoms with E-state index in [9.17, 15) is 0 Å². The molecule has 15 heavy (non-hydrogen) atoms. The van der Waals surface area contributed by atoms with Crippen molar-refractivity contribution in [2.45, 2.75) is 43.5 Å². The lowest BCUT2D eigenvalue weighted by Crippen LogP contribution is -2.22. The molecule has 1 aromatic rings. The van der Waals surface area contributed by atoms with Crippen molar-refractivity contribution in [3.63, 3.8) is 0 Å². The Morgan fingerprint density at radius 1 is 1.53 bits per heavy atom. The van der Waals surface area contributed by atoms with Gasteiger partial charge in [-0.15, -0.1) is 11.3 Å². The first kappa shape index (κ1) is 11.6. The molecule has 1 nitrogen and oxygen atoms in total. The van der Waals surface area contributed by atoms with E-state index in [2.05, 4.69) is 35.0 Å². The number of ether oxygens (including phenoxy) is 1. The summed E-state index contributed by atoms with van der Waals surface area (Å²) in [6.45, 7) is 3.13. The van der Waals surface area contributed by atoms with Crippen LogP contribution in [0, 0.1) is 0 Å². The van der Waals surface area contributed by atoms with Crippen molar-refractivity contribution in [3.05, 3.63) is 21.9 Å². The second-order valence-electron chi connectivity index (χ2n) is 3.96. The Hall–Kier alpha value is 0.140. The fraction of sp³-hybridized carbons (Fsp3) is 0.667. The molecule has 1 aliphatic rings. The van der Waals surface area contributed by atoms with E-state index < -0.39 is 0 Å². The Kier molecular flexibility index (Phi) is 4.23. The van der Waals surface area contributed by atoms with E-state index in [4.69, 9.17) is 4.74 Å². The van der Waals surface area contributed by atoms with E-state index in [0.717, 1.165) is 13.0 Å². The first-order valence-corrected chi connectivity index (χ1v) is 7.38. The van der Waals surface area contributed by atoms with Crippen LogP contribution in [0.5, 0.6) is 0 Å². The van der Waals surface area contributed by atoms with Crippen LogP contribution in [0.25, 0.3) is 0 Å². The Balaban J connectivity index is 2.02. The smallest absolute Gasteiger partial charge is 0.0750 e. The summed E-state index contributed by atoms with van der Waals surface area (Å²) in [7, 11) is 0. The number of hydrogen-bond donors (Lipinski definition) is 0. The highest BCUT2D eigenvalue weighted by molar-refractivity contribution is 9.09. The summed E-state index contributed by atoms with van der Waals surface area (Å²) in [5.74, 6) is 0. The molecule has 0 aliphatic carbocycles.